The van der Waals surface area contributed by atoms with E-state index >= 15 is 0 Å². The van der Waals surface area contributed by atoms with E-state index in [1.54, 1.807) is 12.1 Å². The van der Waals surface area contributed by atoms with Crippen LogP contribution in [0.3, 0.4) is 0 Å². The molecule has 0 bridgehead atoms. The molecule has 1 aliphatic heterocycles. The topological polar surface area (TPSA) is 47.6 Å². The van der Waals surface area contributed by atoms with Crippen molar-refractivity contribution in [3.63, 3.8) is 0 Å². The van der Waals surface area contributed by atoms with E-state index in [1.165, 1.54) is 0 Å². The molecule has 0 spiro atoms. The van der Waals surface area contributed by atoms with Gasteiger partial charge < -0.3 is 14.8 Å². The van der Waals surface area contributed by atoms with Gasteiger partial charge in [0.25, 0.3) is 0 Å². The summed E-state index contributed by atoms with van der Waals surface area (Å²) in [5.74, 6) is 1.17. The summed E-state index contributed by atoms with van der Waals surface area (Å²) in [5.41, 5.74) is 0. The molecule has 1 N–H and O–H groups in total. The van der Waals surface area contributed by atoms with Crippen molar-refractivity contribution in [3.05, 3.63) is 24.3 Å². The number of piperidine rings is 1. The Morgan fingerprint density at radius 2 is 2.06 bits per heavy atom. The second kappa shape index (κ2) is 6.40. The fraction of sp³-hybridized carbons (Fsp3) is 0.500. The Morgan fingerprint density at radius 3 is 2.78 bits per heavy atom. The first-order valence-electron chi connectivity index (χ1n) is 6.45. The van der Waals surface area contributed by atoms with Crippen molar-refractivity contribution in [2.45, 2.75) is 19.8 Å². The van der Waals surface area contributed by atoms with Gasteiger partial charge in [-0.25, -0.2) is 0 Å². The summed E-state index contributed by atoms with van der Waals surface area (Å²) in [7, 11) is 0. The molecule has 1 fully saturated rings. The molecule has 1 heterocycles. The molecule has 0 aromatic heterocycles. The second-order valence-electron chi connectivity index (χ2n) is 4.35. The molecular formula is C14H19NO3. The molecule has 1 saturated heterocycles. The van der Waals surface area contributed by atoms with Gasteiger partial charge in [0.2, 0.25) is 0 Å². The molecule has 1 aromatic rings. The third-order valence-electron chi connectivity index (χ3n) is 3.01. The number of hydrogen-bond donors (Lipinski definition) is 1. The van der Waals surface area contributed by atoms with Gasteiger partial charge in [-0.1, -0.05) is 6.07 Å². The van der Waals surface area contributed by atoms with Crippen molar-refractivity contribution < 1.29 is 14.3 Å². The minimum absolute atomic E-state index is 0.0157. The predicted octanol–water partition coefficient (Wildman–Crippen LogP) is 1.99. The lowest BCUT2D eigenvalue weighted by molar-refractivity contribution is -0.139. The highest BCUT2D eigenvalue weighted by Crippen LogP contribution is 2.22. The van der Waals surface area contributed by atoms with Crippen molar-refractivity contribution >= 4 is 5.97 Å². The van der Waals surface area contributed by atoms with Crippen LogP contribution in [0.5, 0.6) is 11.5 Å². The first-order chi connectivity index (χ1) is 8.79. The van der Waals surface area contributed by atoms with Gasteiger partial charge in [-0.2, -0.15) is 0 Å². The van der Waals surface area contributed by atoms with Crippen molar-refractivity contribution in [3.8, 4) is 11.5 Å². The molecule has 0 amide bonds. The van der Waals surface area contributed by atoms with E-state index in [0.29, 0.717) is 12.4 Å². The zero-order valence-corrected chi connectivity index (χ0v) is 10.6. The quantitative estimate of drug-likeness (QED) is 0.655. The summed E-state index contributed by atoms with van der Waals surface area (Å²) in [5, 5.41) is 3.23. The number of rotatable bonds is 4. The molecule has 0 radical (unpaired) electrons. The number of ether oxygens (including phenoxy) is 2. The standard InChI is InChI=1S/C14H19NO3/c1-2-17-12-4-3-5-13(10-12)18-14(16)11-6-8-15-9-7-11/h3-5,10-11,15H,2,6-9H2,1H3. The SMILES string of the molecule is CCOc1cccc(OC(=O)C2CCNCC2)c1. The lowest BCUT2D eigenvalue weighted by Crippen LogP contribution is -2.33. The zero-order valence-electron chi connectivity index (χ0n) is 10.6. The van der Waals surface area contributed by atoms with E-state index in [9.17, 15) is 4.79 Å². The Kier molecular flexibility index (Phi) is 4.59. The van der Waals surface area contributed by atoms with Crippen LogP contribution in [-0.4, -0.2) is 25.7 Å². The molecule has 0 aliphatic carbocycles. The Labute approximate surface area is 107 Å². The lowest BCUT2D eigenvalue weighted by Gasteiger charge is -2.20. The average molecular weight is 249 g/mol. The summed E-state index contributed by atoms with van der Waals surface area (Å²) in [6.45, 7) is 4.30. The summed E-state index contributed by atoms with van der Waals surface area (Å²) < 4.78 is 10.8. The number of hydrogen-bond acceptors (Lipinski definition) is 4. The number of benzene rings is 1. The molecule has 0 unspecified atom stereocenters. The number of carbonyl (C=O) groups excluding carboxylic acids is 1. The number of esters is 1. The van der Waals surface area contributed by atoms with Gasteiger partial charge in [0.15, 0.2) is 0 Å². The molecule has 1 aliphatic rings. The van der Waals surface area contributed by atoms with Gasteiger partial charge in [0.05, 0.1) is 12.5 Å². The van der Waals surface area contributed by atoms with E-state index in [2.05, 4.69) is 5.32 Å². The highest BCUT2D eigenvalue weighted by Gasteiger charge is 2.22. The highest BCUT2D eigenvalue weighted by atomic mass is 16.5. The van der Waals surface area contributed by atoms with Crippen LogP contribution in [0.25, 0.3) is 0 Å². The largest absolute Gasteiger partial charge is 0.494 e. The number of carbonyl (C=O) groups is 1. The summed E-state index contributed by atoms with van der Waals surface area (Å²) in [6.07, 6.45) is 1.70. The van der Waals surface area contributed by atoms with Gasteiger partial charge in [-0.15, -0.1) is 0 Å². The van der Waals surface area contributed by atoms with Crippen molar-refractivity contribution in [2.24, 2.45) is 5.92 Å². The normalized spacial score (nSPS) is 16.3. The molecule has 0 atom stereocenters. The summed E-state index contributed by atoms with van der Waals surface area (Å²) >= 11 is 0. The number of nitrogens with one attached hydrogen (secondary N) is 1. The van der Waals surface area contributed by atoms with Crippen LogP contribution < -0.4 is 14.8 Å². The average Bonchev–Trinajstić information content (AvgIpc) is 2.40. The van der Waals surface area contributed by atoms with Crippen LogP contribution in [-0.2, 0) is 4.79 Å². The monoisotopic (exact) mass is 249 g/mol. The smallest absolute Gasteiger partial charge is 0.314 e. The second-order valence-corrected chi connectivity index (χ2v) is 4.35. The van der Waals surface area contributed by atoms with Gasteiger partial charge in [-0.05, 0) is 45.0 Å². The third-order valence-corrected chi connectivity index (χ3v) is 3.01. The Morgan fingerprint density at radius 1 is 1.33 bits per heavy atom. The van der Waals surface area contributed by atoms with Crippen molar-refractivity contribution in [2.75, 3.05) is 19.7 Å². The predicted molar refractivity (Wildman–Crippen MR) is 68.8 cm³/mol. The molecule has 1 aromatic carbocycles. The first kappa shape index (κ1) is 12.9. The molecular weight excluding hydrogens is 230 g/mol. The summed E-state index contributed by atoms with van der Waals surface area (Å²) in [6, 6.07) is 7.21. The van der Waals surface area contributed by atoms with E-state index in [4.69, 9.17) is 9.47 Å². The fourth-order valence-corrected chi connectivity index (χ4v) is 2.05. The van der Waals surface area contributed by atoms with Crippen LogP contribution in [0, 0.1) is 5.92 Å². The summed E-state index contributed by atoms with van der Waals surface area (Å²) in [4.78, 5) is 11.9. The first-order valence-corrected chi connectivity index (χ1v) is 6.45. The van der Waals surface area contributed by atoms with Crippen LogP contribution >= 0.6 is 0 Å². The third kappa shape index (κ3) is 3.47. The minimum Gasteiger partial charge on any atom is -0.494 e. The van der Waals surface area contributed by atoms with Crippen LogP contribution in [0.4, 0.5) is 0 Å². The van der Waals surface area contributed by atoms with Gasteiger partial charge in [-0.3, -0.25) is 4.79 Å². The molecule has 4 heteroatoms. The van der Waals surface area contributed by atoms with Gasteiger partial charge in [0.1, 0.15) is 11.5 Å². The molecule has 4 nitrogen and oxygen atoms in total. The van der Waals surface area contributed by atoms with E-state index in [1.807, 2.05) is 19.1 Å². The van der Waals surface area contributed by atoms with Crippen LogP contribution in [0.15, 0.2) is 24.3 Å². The maximum atomic E-state index is 11.9. The molecule has 2 rings (SSSR count). The molecule has 0 saturated carbocycles. The maximum absolute atomic E-state index is 11.9. The Bertz CT molecular complexity index is 400. The van der Waals surface area contributed by atoms with Crippen molar-refractivity contribution in [1.82, 2.24) is 5.32 Å². The zero-order chi connectivity index (χ0) is 12.8. The van der Waals surface area contributed by atoms with Crippen molar-refractivity contribution in [1.29, 1.82) is 0 Å². The van der Waals surface area contributed by atoms with E-state index in [0.717, 1.165) is 31.7 Å². The van der Waals surface area contributed by atoms with E-state index in [-0.39, 0.29) is 11.9 Å². The fourth-order valence-electron chi connectivity index (χ4n) is 2.05. The highest BCUT2D eigenvalue weighted by molar-refractivity contribution is 5.75. The van der Waals surface area contributed by atoms with Crippen LogP contribution in [0.1, 0.15) is 19.8 Å². The van der Waals surface area contributed by atoms with Gasteiger partial charge in [0, 0.05) is 6.07 Å². The minimum atomic E-state index is -0.134. The Balaban J connectivity index is 1.95. The molecule has 98 valence electrons. The van der Waals surface area contributed by atoms with E-state index < -0.39 is 0 Å². The Hall–Kier alpha value is -1.55. The lowest BCUT2D eigenvalue weighted by atomic mass is 9.98. The molecule has 18 heavy (non-hydrogen) atoms. The van der Waals surface area contributed by atoms with Gasteiger partial charge >= 0.3 is 5.97 Å². The maximum Gasteiger partial charge on any atom is 0.314 e. The van der Waals surface area contributed by atoms with Crippen LogP contribution in [0.2, 0.25) is 0 Å².